The van der Waals surface area contributed by atoms with Crippen molar-refractivity contribution in [3.05, 3.63) is 35.9 Å². The highest BCUT2D eigenvalue weighted by atomic mass is 35.5. The maximum absolute atomic E-state index is 5.82. The van der Waals surface area contributed by atoms with Gasteiger partial charge in [0.25, 0.3) is 0 Å². The lowest BCUT2D eigenvalue weighted by molar-refractivity contribution is 0.414. The molecule has 17 heavy (non-hydrogen) atoms. The van der Waals surface area contributed by atoms with Crippen LogP contribution in [0.2, 0.25) is 0 Å². The van der Waals surface area contributed by atoms with Crippen LogP contribution in [0.15, 0.2) is 24.3 Å². The zero-order valence-corrected chi connectivity index (χ0v) is 10.2. The zero-order chi connectivity index (χ0) is 12.3. The van der Waals surface area contributed by atoms with Crippen molar-refractivity contribution in [3.63, 3.8) is 0 Å². The van der Waals surface area contributed by atoms with Crippen molar-refractivity contribution in [1.29, 1.82) is 0 Å². The van der Waals surface area contributed by atoms with Crippen molar-refractivity contribution in [2.75, 3.05) is 7.11 Å². The number of benzene rings is 1. The molecule has 1 aromatic heterocycles. The second-order valence-electron chi connectivity index (χ2n) is 3.40. The van der Waals surface area contributed by atoms with Crippen molar-refractivity contribution in [3.8, 4) is 11.4 Å². The molecular weight excluding hydrogens is 240 g/mol. The second kappa shape index (κ2) is 5.16. The molecule has 0 spiro atoms. The number of hydrogen-bond acceptors (Lipinski definition) is 4. The first kappa shape index (κ1) is 11.9. The van der Waals surface area contributed by atoms with Crippen molar-refractivity contribution in [2.24, 2.45) is 5.73 Å². The van der Waals surface area contributed by atoms with Crippen LogP contribution in [0.4, 0.5) is 0 Å². The number of halogens is 1. The van der Waals surface area contributed by atoms with Gasteiger partial charge in [-0.3, -0.25) is 4.57 Å². The predicted molar refractivity (Wildman–Crippen MR) is 65.4 cm³/mol. The van der Waals surface area contributed by atoms with Gasteiger partial charge in [0.15, 0.2) is 11.6 Å². The van der Waals surface area contributed by atoms with E-state index in [0.29, 0.717) is 24.1 Å². The van der Waals surface area contributed by atoms with Crippen LogP contribution in [0.5, 0.6) is 5.75 Å². The molecule has 0 saturated heterocycles. The van der Waals surface area contributed by atoms with Gasteiger partial charge in [0.05, 0.1) is 19.5 Å². The number of methoxy groups -OCH3 is 1. The summed E-state index contributed by atoms with van der Waals surface area (Å²) in [5.41, 5.74) is 6.54. The molecule has 0 radical (unpaired) electrons. The maximum Gasteiger partial charge on any atom is 0.152 e. The van der Waals surface area contributed by atoms with Crippen LogP contribution >= 0.6 is 11.6 Å². The molecule has 2 rings (SSSR count). The van der Waals surface area contributed by atoms with Crippen LogP contribution in [-0.4, -0.2) is 21.9 Å². The number of rotatable bonds is 4. The summed E-state index contributed by atoms with van der Waals surface area (Å²) in [4.78, 5) is 0. The molecule has 0 amide bonds. The number of aromatic nitrogens is 3. The Labute approximate surface area is 104 Å². The van der Waals surface area contributed by atoms with Crippen LogP contribution in [-0.2, 0) is 12.4 Å². The van der Waals surface area contributed by atoms with Crippen molar-refractivity contribution >= 4 is 11.6 Å². The summed E-state index contributed by atoms with van der Waals surface area (Å²) in [6.45, 7) is 0.315. The van der Waals surface area contributed by atoms with Crippen LogP contribution in [0.3, 0.4) is 0 Å². The second-order valence-corrected chi connectivity index (χ2v) is 3.67. The minimum atomic E-state index is 0.291. The number of nitrogens with zero attached hydrogens (tertiary/aromatic N) is 3. The van der Waals surface area contributed by atoms with E-state index in [0.717, 1.165) is 11.4 Å². The van der Waals surface area contributed by atoms with Gasteiger partial charge in [0, 0.05) is 5.69 Å². The largest absolute Gasteiger partial charge is 0.497 e. The summed E-state index contributed by atoms with van der Waals surface area (Å²) in [7, 11) is 1.63. The highest BCUT2D eigenvalue weighted by molar-refractivity contribution is 6.16. The SMILES string of the molecule is COc1ccc(-n2c(CN)nnc2CCl)cc1. The van der Waals surface area contributed by atoms with Crippen molar-refractivity contribution in [1.82, 2.24) is 14.8 Å². The number of hydrogen-bond donors (Lipinski definition) is 1. The standard InChI is InChI=1S/C11H13ClN4O/c1-17-9-4-2-8(3-5-9)16-10(6-12)14-15-11(16)7-13/h2-5H,6-7,13H2,1H3. The zero-order valence-electron chi connectivity index (χ0n) is 9.43. The van der Waals surface area contributed by atoms with E-state index in [1.165, 1.54) is 0 Å². The molecule has 0 aliphatic carbocycles. The Morgan fingerprint density at radius 1 is 1.24 bits per heavy atom. The molecule has 0 saturated carbocycles. The summed E-state index contributed by atoms with van der Waals surface area (Å²) < 4.78 is 6.96. The van der Waals surface area contributed by atoms with E-state index < -0.39 is 0 Å². The fraction of sp³-hybridized carbons (Fsp3) is 0.273. The quantitative estimate of drug-likeness (QED) is 0.837. The van der Waals surface area contributed by atoms with Crippen LogP contribution in [0.1, 0.15) is 11.6 Å². The maximum atomic E-state index is 5.82. The van der Waals surface area contributed by atoms with E-state index in [2.05, 4.69) is 10.2 Å². The van der Waals surface area contributed by atoms with E-state index in [-0.39, 0.29) is 0 Å². The topological polar surface area (TPSA) is 66.0 Å². The number of ether oxygens (including phenoxy) is 1. The fourth-order valence-electron chi connectivity index (χ4n) is 1.60. The van der Waals surface area contributed by atoms with Crippen LogP contribution < -0.4 is 10.5 Å². The van der Waals surface area contributed by atoms with E-state index in [1.807, 2.05) is 28.8 Å². The number of nitrogens with two attached hydrogens (primary N) is 1. The van der Waals surface area contributed by atoms with Gasteiger partial charge in [-0.05, 0) is 24.3 Å². The van der Waals surface area contributed by atoms with Crippen molar-refractivity contribution < 1.29 is 4.74 Å². The Kier molecular flexibility index (Phi) is 3.61. The lowest BCUT2D eigenvalue weighted by atomic mass is 10.3. The third kappa shape index (κ3) is 2.25. The first-order valence-corrected chi connectivity index (χ1v) is 5.67. The molecule has 0 atom stereocenters. The van der Waals surface area contributed by atoms with Gasteiger partial charge >= 0.3 is 0 Å². The molecule has 6 heteroatoms. The van der Waals surface area contributed by atoms with Gasteiger partial charge in [-0.15, -0.1) is 21.8 Å². The summed E-state index contributed by atoms with van der Waals surface area (Å²) >= 11 is 5.82. The Morgan fingerprint density at radius 3 is 2.41 bits per heavy atom. The first-order valence-electron chi connectivity index (χ1n) is 5.13. The summed E-state index contributed by atoms with van der Waals surface area (Å²) in [5, 5.41) is 7.99. The Balaban J connectivity index is 2.46. The van der Waals surface area contributed by atoms with E-state index in [9.17, 15) is 0 Å². The lowest BCUT2D eigenvalue weighted by Crippen LogP contribution is -2.08. The normalized spacial score (nSPS) is 10.5. The predicted octanol–water partition coefficient (Wildman–Crippen LogP) is 1.47. The molecule has 0 bridgehead atoms. The molecule has 0 unspecified atom stereocenters. The third-order valence-electron chi connectivity index (χ3n) is 2.43. The average Bonchev–Trinajstić information content (AvgIpc) is 2.81. The molecule has 2 N–H and O–H groups in total. The molecule has 0 fully saturated rings. The summed E-state index contributed by atoms with van der Waals surface area (Å²) in [6, 6.07) is 7.57. The average molecular weight is 253 g/mol. The molecule has 5 nitrogen and oxygen atoms in total. The minimum Gasteiger partial charge on any atom is -0.497 e. The van der Waals surface area contributed by atoms with Crippen molar-refractivity contribution in [2.45, 2.75) is 12.4 Å². The molecule has 1 heterocycles. The summed E-state index contributed by atoms with van der Waals surface area (Å²) in [6.07, 6.45) is 0. The van der Waals surface area contributed by atoms with Gasteiger partial charge in [0.1, 0.15) is 5.75 Å². The lowest BCUT2D eigenvalue weighted by Gasteiger charge is -2.08. The molecular formula is C11H13ClN4O. The Hall–Kier alpha value is -1.59. The molecule has 1 aromatic carbocycles. The summed E-state index contributed by atoms with van der Waals surface area (Å²) in [5.74, 6) is 2.45. The van der Waals surface area contributed by atoms with Gasteiger partial charge in [0.2, 0.25) is 0 Å². The Morgan fingerprint density at radius 2 is 1.88 bits per heavy atom. The number of alkyl halides is 1. The third-order valence-corrected chi connectivity index (χ3v) is 2.67. The molecule has 2 aromatic rings. The molecule has 0 aliphatic heterocycles. The minimum absolute atomic E-state index is 0.291. The Bertz CT molecular complexity index is 473. The monoisotopic (exact) mass is 252 g/mol. The van der Waals surface area contributed by atoms with Gasteiger partial charge in [-0.1, -0.05) is 0 Å². The molecule has 90 valence electrons. The van der Waals surface area contributed by atoms with E-state index >= 15 is 0 Å². The van der Waals surface area contributed by atoms with Crippen LogP contribution in [0, 0.1) is 0 Å². The van der Waals surface area contributed by atoms with Gasteiger partial charge < -0.3 is 10.5 Å². The first-order chi connectivity index (χ1) is 8.30. The highest BCUT2D eigenvalue weighted by Gasteiger charge is 2.11. The van der Waals surface area contributed by atoms with Gasteiger partial charge in [-0.2, -0.15) is 0 Å². The highest BCUT2D eigenvalue weighted by Crippen LogP contribution is 2.18. The fourth-order valence-corrected chi connectivity index (χ4v) is 1.77. The van der Waals surface area contributed by atoms with Crippen LogP contribution in [0.25, 0.3) is 5.69 Å². The smallest absolute Gasteiger partial charge is 0.152 e. The van der Waals surface area contributed by atoms with E-state index in [4.69, 9.17) is 22.1 Å². The van der Waals surface area contributed by atoms with E-state index in [1.54, 1.807) is 7.11 Å². The molecule has 0 aliphatic rings. The van der Waals surface area contributed by atoms with Gasteiger partial charge in [-0.25, -0.2) is 0 Å².